The predicted octanol–water partition coefficient (Wildman–Crippen LogP) is 2.21. The third-order valence-corrected chi connectivity index (χ3v) is 2.58. The third kappa shape index (κ3) is 3.51. The summed E-state index contributed by atoms with van der Waals surface area (Å²) in [6.45, 7) is 5.69. The van der Waals surface area contributed by atoms with Crippen molar-refractivity contribution < 1.29 is 9.47 Å². The van der Waals surface area contributed by atoms with Crippen LogP contribution in [0.15, 0.2) is 30.9 Å². The minimum absolute atomic E-state index is 0.593. The van der Waals surface area contributed by atoms with Crippen LogP contribution in [0.25, 0.3) is 0 Å². The van der Waals surface area contributed by atoms with Gasteiger partial charge in [-0.25, -0.2) is 0 Å². The molecule has 0 aliphatic carbocycles. The first-order valence-electron chi connectivity index (χ1n) is 5.69. The SMILES string of the molecule is C=CCN(CCOC)c1cc(OC)ccc1C#N. The van der Waals surface area contributed by atoms with E-state index < -0.39 is 0 Å². The van der Waals surface area contributed by atoms with Gasteiger partial charge in [0.2, 0.25) is 0 Å². The van der Waals surface area contributed by atoms with Crippen LogP contribution in [0.4, 0.5) is 5.69 Å². The van der Waals surface area contributed by atoms with E-state index in [-0.39, 0.29) is 0 Å². The largest absolute Gasteiger partial charge is 0.497 e. The predicted molar refractivity (Wildman–Crippen MR) is 72.0 cm³/mol. The van der Waals surface area contributed by atoms with Gasteiger partial charge < -0.3 is 14.4 Å². The van der Waals surface area contributed by atoms with Crippen molar-refractivity contribution in [3.8, 4) is 11.8 Å². The number of nitriles is 1. The Morgan fingerprint density at radius 2 is 2.22 bits per heavy atom. The molecule has 1 rings (SSSR count). The molecule has 0 aliphatic rings. The Hall–Kier alpha value is -1.99. The minimum atomic E-state index is 0.593. The van der Waals surface area contributed by atoms with Gasteiger partial charge >= 0.3 is 0 Å². The summed E-state index contributed by atoms with van der Waals surface area (Å²) in [6.07, 6.45) is 1.80. The van der Waals surface area contributed by atoms with E-state index in [4.69, 9.17) is 14.7 Å². The number of rotatable bonds is 7. The summed E-state index contributed by atoms with van der Waals surface area (Å²) in [4.78, 5) is 2.04. The molecule has 1 aromatic carbocycles. The number of hydrogen-bond acceptors (Lipinski definition) is 4. The standard InChI is InChI=1S/C14H18N2O2/c1-4-7-16(8-9-17-2)14-10-13(18-3)6-5-12(14)11-15/h4-6,10H,1,7-9H2,2-3H3. The highest BCUT2D eigenvalue weighted by molar-refractivity contribution is 5.62. The van der Waals surface area contributed by atoms with Crippen LogP contribution in [-0.2, 0) is 4.74 Å². The lowest BCUT2D eigenvalue weighted by Gasteiger charge is -2.24. The normalized spacial score (nSPS) is 9.61. The molecule has 4 heteroatoms. The molecule has 0 atom stereocenters. The summed E-state index contributed by atoms with van der Waals surface area (Å²) in [5, 5.41) is 9.15. The number of anilines is 1. The number of ether oxygens (including phenoxy) is 2. The maximum atomic E-state index is 9.15. The Labute approximate surface area is 108 Å². The zero-order valence-corrected chi connectivity index (χ0v) is 10.8. The number of nitrogens with zero attached hydrogens (tertiary/aromatic N) is 2. The van der Waals surface area contributed by atoms with E-state index in [9.17, 15) is 0 Å². The van der Waals surface area contributed by atoms with Crippen molar-refractivity contribution >= 4 is 5.69 Å². The van der Waals surface area contributed by atoms with Gasteiger partial charge in [0.05, 0.1) is 25.0 Å². The highest BCUT2D eigenvalue weighted by atomic mass is 16.5. The lowest BCUT2D eigenvalue weighted by Crippen LogP contribution is -2.28. The van der Waals surface area contributed by atoms with Gasteiger partial charge in [0, 0.05) is 26.3 Å². The van der Waals surface area contributed by atoms with Gasteiger partial charge in [-0.1, -0.05) is 6.08 Å². The topological polar surface area (TPSA) is 45.5 Å². The average molecular weight is 246 g/mol. The molecule has 0 heterocycles. The molecule has 0 spiro atoms. The first kappa shape index (κ1) is 14.1. The molecule has 96 valence electrons. The average Bonchev–Trinajstić information content (AvgIpc) is 2.42. The monoisotopic (exact) mass is 246 g/mol. The summed E-state index contributed by atoms with van der Waals surface area (Å²) < 4.78 is 10.3. The van der Waals surface area contributed by atoms with Crippen molar-refractivity contribution in [2.24, 2.45) is 0 Å². The Balaban J connectivity index is 3.07. The Morgan fingerprint density at radius 3 is 2.78 bits per heavy atom. The van der Waals surface area contributed by atoms with E-state index in [0.29, 0.717) is 25.3 Å². The van der Waals surface area contributed by atoms with Gasteiger partial charge in [-0.05, 0) is 12.1 Å². The van der Waals surface area contributed by atoms with E-state index in [2.05, 4.69) is 12.6 Å². The lowest BCUT2D eigenvalue weighted by atomic mass is 10.1. The maximum absolute atomic E-state index is 9.15. The summed E-state index contributed by atoms with van der Waals surface area (Å²) >= 11 is 0. The highest BCUT2D eigenvalue weighted by Crippen LogP contribution is 2.25. The van der Waals surface area contributed by atoms with Gasteiger partial charge in [0.25, 0.3) is 0 Å². The Kier molecular flexibility index (Phi) is 5.75. The van der Waals surface area contributed by atoms with Gasteiger partial charge in [0.1, 0.15) is 11.8 Å². The lowest BCUT2D eigenvalue weighted by molar-refractivity contribution is 0.205. The third-order valence-electron chi connectivity index (χ3n) is 2.58. The molecular weight excluding hydrogens is 228 g/mol. The van der Waals surface area contributed by atoms with Crippen molar-refractivity contribution in [3.63, 3.8) is 0 Å². The van der Waals surface area contributed by atoms with E-state index in [1.807, 2.05) is 11.0 Å². The van der Waals surface area contributed by atoms with Crippen LogP contribution in [0.2, 0.25) is 0 Å². The molecule has 0 unspecified atom stereocenters. The second kappa shape index (κ2) is 7.36. The summed E-state index contributed by atoms with van der Waals surface area (Å²) in [5.74, 6) is 0.732. The maximum Gasteiger partial charge on any atom is 0.121 e. The van der Waals surface area contributed by atoms with Crippen molar-refractivity contribution in [3.05, 3.63) is 36.4 Å². The summed E-state index contributed by atoms with van der Waals surface area (Å²) in [6, 6.07) is 7.59. The van der Waals surface area contributed by atoms with Gasteiger partial charge in [-0.3, -0.25) is 0 Å². The number of hydrogen-bond donors (Lipinski definition) is 0. The van der Waals surface area contributed by atoms with E-state index in [1.165, 1.54) is 0 Å². The summed E-state index contributed by atoms with van der Waals surface area (Å²) in [7, 11) is 3.26. The number of methoxy groups -OCH3 is 2. The molecule has 0 amide bonds. The smallest absolute Gasteiger partial charge is 0.121 e. The molecular formula is C14H18N2O2. The van der Waals surface area contributed by atoms with Crippen LogP contribution in [0.5, 0.6) is 5.75 Å². The molecule has 0 saturated carbocycles. The van der Waals surface area contributed by atoms with Gasteiger partial charge in [0.15, 0.2) is 0 Å². The molecule has 0 saturated heterocycles. The van der Waals surface area contributed by atoms with Crippen molar-refractivity contribution in [2.45, 2.75) is 0 Å². The molecule has 1 aromatic rings. The van der Waals surface area contributed by atoms with Crippen molar-refractivity contribution in [1.29, 1.82) is 5.26 Å². The molecule has 0 radical (unpaired) electrons. The van der Waals surface area contributed by atoms with Gasteiger partial charge in [-0.15, -0.1) is 6.58 Å². The zero-order chi connectivity index (χ0) is 13.4. The van der Waals surface area contributed by atoms with E-state index >= 15 is 0 Å². The second-order valence-corrected chi connectivity index (χ2v) is 3.72. The quantitative estimate of drug-likeness (QED) is 0.692. The minimum Gasteiger partial charge on any atom is -0.497 e. The molecule has 0 N–H and O–H groups in total. The molecule has 0 aromatic heterocycles. The van der Waals surface area contributed by atoms with Crippen LogP contribution < -0.4 is 9.64 Å². The Morgan fingerprint density at radius 1 is 1.44 bits per heavy atom. The van der Waals surface area contributed by atoms with Crippen molar-refractivity contribution in [2.75, 3.05) is 38.8 Å². The fourth-order valence-corrected chi connectivity index (χ4v) is 1.66. The highest BCUT2D eigenvalue weighted by Gasteiger charge is 2.11. The fraction of sp³-hybridized carbons (Fsp3) is 0.357. The van der Waals surface area contributed by atoms with Crippen LogP contribution >= 0.6 is 0 Å². The molecule has 0 fully saturated rings. The molecule has 0 aliphatic heterocycles. The molecule has 0 bridgehead atoms. The first-order chi connectivity index (χ1) is 8.76. The van der Waals surface area contributed by atoms with Gasteiger partial charge in [-0.2, -0.15) is 5.26 Å². The fourth-order valence-electron chi connectivity index (χ4n) is 1.66. The summed E-state index contributed by atoms with van der Waals surface area (Å²) in [5.41, 5.74) is 1.46. The molecule has 18 heavy (non-hydrogen) atoms. The van der Waals surface area contributed by atoms with Crippen molar-refractivity contribution in [1.82, 2.24) is 0 Å². The molecule has 4 nitrogen and oxygen atoms in total. The van der Waals surface area contributed by atoms with E-state index in [0.717, 1.165) is 11.4 Å². The van der Waals surface area contributed by atoms with Crippen LogP contribution in [-0.4, -0.2) is 33.9 Å². The second-order valence-electron chi connectivity index (χ2n) is 3.72. The van der Waals surface area contributed by atoms with Crippen LogP contribution in [0.1, 0.15) is 5.56 Å². The zero-order valence-electron chi connectivity index (χ0n) is 10.8. The van der Waals surface area contributed by atoms with E-state index in [1.54, 1.807) is 32.4 Å². The van der Waals surface area contributed by atoms with Crippen LogP contribution in [0.3, 0.4) is 0 Å². The van der Waals surface area contributed by atoms with Crippen LogP contribution in [0, 0.1) is 11.3 Å². The Bertz CT molecular complexity index is 438. The first-order valence-corrected chi connectivity index (χ1v) is 5.69. The number of benzene rings is 1.